The van der Waals surface area contributed by atoms with Gasteiger partial charge in [0.05, 0.1) is 0 Å². The quantitative estimate of drug-likeness (QED) is 0.757. The zero-order valence-corrected chi connectivity index (χ0v) is 13.9. The predicted molar refractivity (Wildman–Crippen MR) is 92.7 cm³/mol. The van der Waals surface area contributed by atoms with E-state index >= 15 is 0 Å². The molecule has 0 fully saturated rings. The lowest BCUT2D eigenvalue weighted by Gasteiger charge is -2.09. The van der Waals surface area contributed by atoms with Crippen LogP contribution in [0.15, 0.2) is 54.6 Å². The molecule has 0 aliphatic heterocycles. The van der Waals surface area contributed by atoms with Crippen LogP contribution in [0.3, 0.4) is 0 Å². The van der Waals surface area contributed by atoms with Crippen LogP contribution >= 0.6 is 0 Å². The van der Waals surface area contributed by atoms with E-state index in [-0.39, 0.29) is 24.1 Å². The minimum absolute atomic E-state index is 0.228. The van der Waals surface area contributed by atoms with E-state index in [1.807, 2.05) is 0 Å². The predicted octanol–water partition coefficient (Wildman–Crippen LogP) is 3.75. The van der Waals surface area contributed by atoms with Gasteiger partial charge in [-0.3, -0.25) is 4.79 Å². The van der Waals surface area contributed by atoms with Crippen LogP contribution in [0.1, 0.15) is 5.69 Å². The third-order valence-corrected chi connectivity index (χ3v) is 3.41. The molecule has 0 radical (unpaired) electrons. The second kappa shape index (κ2) is 7.69. The molecule has 0 spiro atoms. The van der Waals surface area contributed by atoms with Crippen molar-refractivity contribution in [2.75, 3.05) is 11.9 Å². The van der Waals surface area contributed by atoms with Crippen LogP contribution in [0.25, 0.3) is 11.4 Å². The lowest BCUT2D eigenvalue weighted by atomic mass is 10.2. The zero-order valence-electron chi connectivity index (χ0n) is 13.9. The van der Waals surface area contributed by atoms with Gasteiger partial charge in [-0.05, 0) is 55.5 Å². The minimum atomic E-state index is -0.406. The van der Waals surface area contributed by atoms with Crippen molar-refractivity contribution in [3.8, 4) is 17.3 Å². The van der Waals surface area contributed by atoms with Gasteiger partial charge in [0, 0.05) is 23.0 Å². The Labute approximate surface area is 148 Å². The number of rotatable bonds is 5. The number of anilines is 1. The lowest BCUT2D eigenvalue weighted by Crippen LogP contribution is -2.20. The van der Waals surface area contributed by atoms with Gasteiger partial charge in [-0.1, -0.05) is 0 Å². The van der Waals surface area contributed by atoms with Gasteiger partial charge in [0.1, 0.15) is 11.6 Å². The fraction of sp³-hybridized carbons (Fsp3) is 0.105. The summed E-state index contributed by atoms with van der Waals surface area (Å²) in [5, 5.41) is 2.59. The maximum Gasteiger partial charge on any atom is 0.262 e. The van der Waals surface area contributed by atoms with E-state index in [9.17, 15) is 13.6 Å². The normalized spacial score (nSPS) is 10.4. The third-order valence-electron chi connectivity index (χ3n) is 3.41. The van der Waals surface area contributed by atoms with Crippen molar-refractivity contribution in [2.45, 2.75) is 6.92 Å². The minimum Gasteiger partial charge on any atom is -0.467 e. The van der Waals surface area contributed by atoms with Crippen LogP contribution in [0.2, 0.25) is 0 Å². The van der Waals surface area contributed by atoms with Crippen LogP contribution in [0.5, 0.6) is 5.88 Å². The van der Waals surface area contributed by atoms with E-state index in [1.165, 1.54) is 36.4 Å². The van der Waals surface area contributed by atoms with Gasteiger partial charge in [-0.15, -0.1) is 0 Å². The Kier molecular flexibility index (Phi) is 5.17. The number of nitrogens with zero attached hydrogens (tertiary/aromatic N) is 2. The van der Waals surface area contributed by atoms with Gasteiger partial charge in [-0.2, -0.15) is 4.98 Å². The Hall–Kier alpha value is -3.35. The van der Waals surface area contributed by atoms with E-state index in [0.29, 0.717) is 22.8 Å². The number of halogens is 2. The maximum atomic E-state index is 13.0. The maximum absolute atomic E-state index is 13.0. The van der Waals surface area contributed by atoms with E-state index in [0.717, 1.165) is 0 Å². The fourth-order valence-electron chi connectivity index (χ4n) is 2.21. The SMILES string of the molecule is Cc1cc(OCC(=O)Nc2ccc(F)cc2)nc(-c2ccc(F)cc2)n1. The first-order chi connectivity index (χ1) is 12.5. The molecule has 0 saturated carbocycles. The highest BCUT2D eigenvalue weighted by Crippen LogP contribution is 2.19. The molecule has 2 aromatic carbocycles. The highest BCUT2D eigenvalue weighted by Gasteiger charge is 2.09. The molecule has 7 heteroatoms. The second-order valence-corrected chi connectivity index (χ2v) is 5.52. The van der Waals surface area contributed by atoms with Crippen LogP contribution in [-0.2, 0) is 4.79 Å². The Morgan fingerprint density at radius 3 is 2.27 bits per heavy atom. The Balaban J connectivity index is 1.66. The number of aryl methyl sites for hydroxylation is 1. The second-order valence-electron chi connectivity index (χ2n) is 5.52. The molecule has 1 amide bonds. The highest BCUT2D eigenvalue weighted by molar-refractivity contribution is 5.91. The third kappa shape index (κ3) is 4.60. The first kappa shape index (κ1) is 17.5. The number of nitrogens with one attached hydrogen (secondary N) is 1. The summed E-state index contributed by atoms with van der Waals surface area (Å²) in [7, 11) is 0. The largest absolute Gasteiger partial charge is 0.467 e. The molecular weight excluding hydrogens is 340 g/mol. The molecule has 1 aromatic heterocycles. The van der Waals surface area contributed by atoms with Crippen molar-refractivity contribution < 1.29 is 18.3 Å². The average molecular weight is 355 g/mol. The Morgan fingerprint density at radius 1 is 1.00 bits per heavy atom. The number of carbonyl (C=O) groups excluding carboxylic acids is 1. The molecule has 3 rings (SSSR count). The van der Waals surface area contributed by atoms with Crippen molar-refractivity contribution in [3.05, 3.63) is 71.9 Å². The van der Waals surface area contributed by atoms with Crippen molar-refractivity contribution in [1.29, 1.82) is 0 Å². The lowest BCUT2D eigenvalue weighted by molar-refractivity contribution is -0.118. The number of amides is 1. The van der Waals surface area contributed by atoms with Gasteiger partial charge in [0.15, 0.2) is 12.4 Å². The molecule has 26 heavy (non-hydrogen) atoms. The molecule has 0 unspecified atom stereocenters. The molecule has 132 valence electrons. The number of ether oxygens (including phenoxy) is 1. The smallest absolute Gasteiger partial charge is 0.262 e. The molecule has 0 aliphatic rings. The van der Waals surface area contributed by atoms with Crippen LogP contribution in [0, 0.1) is 18.6 Å². The Bertz CT molecular complexity index is 913. The zero-order chi connectivity index (χ0) is 18.5. The number of carbonyl (C=O) groups is 1. The first-order valence-electron chi connectivity index (χ1n) is 7.79. The van der Waals surface area contributed by atoms with Crippen molar-refractivity contribution in [3.63, 3.8) is 0 Å². The molecular formula is C19H15F2N3O2. The molecule has 0 bridgehead atoms. The average Bonchev–Trinajstić information content (AvgIpc) is 2.62. The van der Waals surface area contributed by atoms with E-state index in [2.05, 4.69) is 15.3 Å². The van der Waals surface area contributed by atoms with Crippen molar-refractivity contribution in [1.82, 2.24) is 9.97 Å². The monoisotopic (exact) mass is 355 g/mol. The molecule has 3 aromatic rings. The summed E-state index contributed by atoms with van der Waals surface area (Å²) in [4.78, 5) is 20.5. The van der Waals surface area contributed by atoms with E-state index in [4.69, 9.17) is 4.74 Å². The fourth-order valence-corrected chi connectivity index (χ4v) is 2.21. The van der Waals surface area contributed by atoms with E-state index < -0.39 is 5.91 Å². The summed E-state index contributed by atoms with van der Waals surface area (Å²) in [6.07, 6.45) is 0. The summed E-state index contributed by atoms with van der Waals surface area (Å²) < 4.78 is 31.3. The van der Waals surface area contributed by atoms with Crippen molar-refractivity contribution in [2.24, 2.45) is 0 Å². The highest BCUT2D eigenvalue weighted by atomic mass is 19.1. The van der Waals surface area contributed by atoms with Crippen LogP contribution in [0.4, 0.5) is 14.5 Å². The molecule has 1 N–H and O–H groups in total. The van der Waals surface area contributed by atoms with Gasteiger partial charge in [0.25, 0.3) is 5.91 Å². The van der Waals surface area contributed by atoms with Crippen LogP contribution in [-0.4, -0.2) is 22.5 Å². The standard InChI is InChI=1S/C19H15F2N3O2/c1-12-10-18(24-19(22-12)13-2-4-14(20)5-3-13)26-11-17(25)23-16-8-6-15(21)7-9-16/h2-10H,11H2,1H3,(H,23,25). The summed E-state index contributed by atoms with van der Waals surface area (Å²) in [5.41, 5.74) is 1.75. The first-order valence-corrected chi connectivity index (χ1v) is 7.79. The molecule has 0 atom stereocenters. The van der Waals surface area contributed by atoms with Gasteiger partial charge >= 0.3 is 0 Å². The van der Waals surface area contributed by atoms with Gasteiger partial charge in [-0.25, -0.2) is 13.8 Å². The number of aromatic nitrogens is 2. The summed E-state index contributed by atoms with van der Waals surface area (Å²) in [6, 6.07) is 12.8. The number of hydrogen-bond donors (Lipinski definition) is 1. The topological polar surface area (TPSA) is 64.1 Å². The summed E-state index contributed by atoms with van der Waals surface area (Å²) in [5.74, 6) is -0.541. The number of benzene rings is 2. The van der Waals surface area contributed by atoms with Gasteiger partial charge < -0.3 is 10.1 Å². The van der Waals surface area contributed by atoms with Gasteiger partial charge in [0.2, 0.25) is 5.88 Å². The summed E-state index contributed by atoms with van der Waals surface area (Å²) in [6.45, 7) is 1.50. The molecule has 5 nitrogen and oxygen atoms in total. The summed E-state index contributed by atoms with van der Waals surface area (Å²) >= 11 is 0. The molecule has 0 saturated heterocycles. The van der Waals surface area contributed by atoms with Crippen LogP contribution < -0.4 is 10.1 Å². The van der Waals surface area contributed by atoms with E-state index in [1.54, 1.807) is 25.1 Å². The number of hydrogen-bond acceptors (Lipinski definition) is 4. The molecule has 1 heterocycles. The Morgan fingerprint density at radius 2 is 1.62 bits per heavy atom. The van der Waals surface area contributed by atoms with Crippen molar-refractivity contribution >= 4 is 11.6 Å². The molecule has 0 aliphatic carbocycles.